The summed E-state index contributed by atoms with van der Waals surface area (Å²) in [6.45, 7) is 3.07. The lowest BCUT2D eigenvalue weighted by molar-refractivity contribution is -0.147. The van der Waals surface area contributed by atoms with E-state index in [0.717, 1.165) is 6.61 Å². The highest BCUT2D eigenvalue weighted by Gasteiger charge is 2.44. The van der Waals surface area contributed by atoms with Crippen LogP contribution in [0, 0.1) is 12.8 Å². The van der Waals surface area contributed by atoms with Gasteiger partial charge in [0.25, 0.3) is 0 Å². The first-order chi connectivity index (χ1) is 9.63. The zero-order valence-corrected chi connectivity index (χ0v) is 14.0. The predicted octanol–water partition coefficient (Wildman–Crippen LogP) is 4.37. The molecule has 1 spiro atoms. The molecule has 1 aliphatic heterocycles. The van der Waals surface area contributed by atoms with E-state index in [4.69, 9.17) is 4.74 Å². The summed E-state index contributed by atoms with van der Waals surface area (Å²) in [5, 5.41) is 3.54. The van der Waals surface area contributed by atoms with Gasteiger partial charge in [0, 0.05) is 17.1 Å². The molecular weight excluding hydrogens is 314 g/mol. The van der Waals surface area contributed by atoms with Crippen LogP contribution in [0.4, 0.5) is 0 Å². The molecule has 0 aromatic heterocycles. The minimum absolute atomic E-state index is 0.222. The summed E-state index contributed by atoms with van der Waals surface area (Å²) in [6.07, 6.45) is 6.24. The van der Waals surface area contributed by atoms with Crippen molar-refractivity contribution in [1.82, 2.24) is 5.32 Å². The summed E-state index contributed by atoms with van der Waals surface area (Å²) in [4.78, 5) is 0. The second-order valence-electron chi connectivity index (χ2n) is 6.41. The third kappa shape index (κ3) is 2.68. The summed E-state index contributed by atoms with van der Waals surface area (Å²) in [6, 6.07) is 7.19. The maximum Gasteiger partial charge on any atom is 0.0686 e. The molecule has 110 valence electrons. The molecule has 0 radical (unpaired) electrons. The molecule has 1 N–H and O–H groups in total. The van der Waals surface area contributed by atoms with Crippen molar-refractivity contribution < 1.29 is 4.74 Å². The van der Waals surface area contributed by atoms with Crippen LogP contribution in [-0.4, -0.2) is 19.3 Å². The Labute approximate surface area is 130 Å². The summed E-state index contributed by atoms with van der Waals surface area (Å²) in [5.74, 6) is 0.684. The normalized spacial score (nSPS) is 26.2. The van der Waals surface area contributed by atoms with E-state index < -0.39 is 0 Å². The molecule has 1 aliphatic carbocycles. The van der Waals surface area contributed by atoms with E-state index in [9.17, 15) is 0 Å². The van der Waals surface area contributed by atoms with Gasteiger partial charge in [-0.25, -0.2) is 0 Å². The van der Waals surface area contributed by atoms with Gasteiger partial charge in [0.05, 0.1) is 5.60 Å². The van der Waals surface area contributed by atoms with Gasteiger partial charge in [-0.3, -0.25) is 0 Å². The second-order valence-corrected chi connectivity index (χ2v) is 7.27. The monoisotopic (exact) mass is 337 g/mol. The Morgan fingerprint density at radius 2 is 2.20 bits per heavy atom. The number of hydrogen-bond acceptors (Lipinski definition) is 2. The summed E-state index contributed by atoms with van der Waals surface area (Å²) >= 11 is 3.66. The molecule has 1 heterocycles. The number of aryl methyl sites for hydroxylation is 1. The van der Waals surface area contributed by atoms with Crippen LogP contribution in [0.1, 0.15) is 49.3 Å². The van der Waals surface area contributed by atoms with E-state index in [-0.39, 0.29) is 5.60 Å². The molecule has 2 atom stereocenters. The first-order valence-electron chi connectivity index (χ1n) is 7.71. The van der Waals surface area contributed by atoms with Crippen LogP contribution < -0.4 is 5.32 Å². The quantitative estimate of drug-likeness (QED) is 0.884. The van der Waals surface area contributed by atoms with Crippen molar-refractivity contribution in [2.75, 3.05) is 13.7 Å². The smallest absolute Gasteiger partial charge is 0.0686 e. The van der Waals surface area contributed by atoms with Crippen molar-refractivity contribution >= 4 is 15.9 Å². The van der Waals surface area contributed by atoms with Crippen molar-refractivity contribution in [3.05, 3.63) is 33.8 Å². The Hall–Kier alpha value is -0.380. The van der Waals surface area contributed by atoms with E-state index >= 15 is 0 Å². The first kappa shape index (κ1) is 14.6. The van der Waals surface area contributed by atoms with Crippen LogP contribution in [0.15, 0.2) is 22.7 Å². The Kier molecular flexibility index (Phi) is 4.21. The Bertz CT molecular complexity index is 484. The van der Waals surface area contributed by atoms with E-state index in [2.05, 4.69) is 53.4 Å². The average Bonchev–Trinajstić information content (AvgIpc) is 2.42. The molecule has 3 heteroatoms. The van der Waals surface area contributed by atoms with Gasteiger partial charge in [0.2, 0.25) is 0 Å². The number of hydrogen-bond donors (Lipinski definition) is 1. The predicted molar refractivity (Wildman–Crippen MR) is 85.9 cm³/mol. The number of rotatable bonds is 3. The second kappa shape index (κ2) is 5.78. The maximum atomic E-state index is 6.07. The van der Waals surface area contributed by atoms with Crippen molar-refractivity contribution in [1.29, 1.82) is 0 Å². The zero-order valence-electron chi connectivity index (χ0n) is 12.4. The van der Waals surface area contributed by atoms with Crippen molar-refractivity contribution in [3.63, 3.8) is 0 Å². The zero-order chi connectivity index (χ0) is 14.2. The lowest BCUT2D eigenvalue weighted by Gasteiger charge is -2.48. The fraction of sp³-hybridized carbons (Fsp3) is 0.647. The largest absolute Gasteiger partial charge is 0.375 e. The van der Waals surface area contributed by atoms with Crippen LogP contribution in [0.5, 0.6) is 0 Å². The Morgan fingerprint density at radius 1 is 1.40 bits per heavy atom. The van der Waals surface area contributed by atoms with Gasteiger partial charge in [-0.05, 0) is 69.2 Å². The topological polar surface area (TPSA) is 21.3 Å². The molecule has 2 nitrogen and oxygen atoms in total. The molecule has 2 fully saturated rings. The SMILES string of the molecule is CNC(c1ccc(C)c(Br)c1)C1CCOC2(CCC2)C1. The minimum atomic E-state index is 0.222. The fourth-order valence-electron chi connectivity index (χ4n) is 3.75. The third-order valence-electron chi connectivity index (χ3n) is 5.13. The van der Waals surface area contributed by atoms with Gasteiger partial charge in [-0.2, -0.15) is 0 Å². The minimum Gasteiger partial charge on any atom is -0.375 e. The molecule has 1 aromatic carbocycles. The molecule has 2 aliphatic rings. The highest BCUT2D eigenvalue weighted by Crippen LogP contribution is 2.47. The summed E-state index contributed by atoms with van der Waals surface area (Å²) in [7, 11) is 2.08. The number of halogens is 1. The van der Waals surface area contributed by atoms with Crippen molar-refractivity contribution in [3.8, 4) is 0 Å². The molecule has 20 heavy (non-hydrogen) atoms. The molecule has 0 bridgehead atoms. The first-order valence-corrected chi connectivity index (χ1v) is 8.50. The van der Waals surface area contributed by atoms with Gasteiger partial charge < -0.3 is 10.1 Å². The average molecular weight is 338 g/mol. The Morgan fingerprint density at radius 3 is 2.80 bits per heavy atom. The molecular formula is C17H24BrNO. The molecule has 3 rings (SSSR count). The molecule has 2 unspecified atom stereocenters. The van der Waals surface area contributed by atoms with Crippen LogP contribution in [-0.2, 0) is 4.74 Å². The summed E-state index contributed by atoms with van der Waals surface area (Å²) in [5.41, 5.74) is 2.91. The third-order valence-corrected chi connectivity index (χ3v) is 5.99. The fourth-order valence-corrected chi connectivity index (χ4v) is 4.14. The van der Waals surface area contributed by atoms with Gasteiger partial charge in [0.1, 0.15) is 0 Å². The van der Waals surface area contributed by atoms with Gasteiger partial charge in [-0.15, -0.1) is 0 Å². The van der Waals surface area contributed by atoms with Gasteiger partial charge in [-0.1, -0.05) is 28.1 Å². The van der Waals surface area contributed by atoms with Crippen LogP contribution in [0.3, 0.4) is 0 Å². The van der Waals surface area contributed by atoms with Crippen molar-refractivity contribution in [2.45, 2.75) is 50.7 Å². The maximum absolute atomic E-state index is 6.07. The standard InChI is InChI=1S/C17H24BrNO/c1-12-4-5-13(10-15(12)18)16(19-2)14-6-9-20-17(11-14)7-3-8-17/h4-5,10,14,16,19H,3,6-9,11H2,1-2H3. The van der Waals surface area contributed by atoms with Crippen molar-refractivity contribution in [2.24, 2.45) is 5.92 Å². The van der Waals surface area contributed by atoms with E-state index in [1.165, 1.54) is 47.7 Å². The van der Waals surface area contributed by atoms with Crippen LogP contribution in [0.25, 0.3) is 0 Å². The highest BCUT2D eigenvalue weighted by molar-refractivity contribution is 9.10. The van der Waals surface area contributed by atoms with E-state index in [1.54, 1.807) is 0 Å². The lowest BCUT2D eigenvalue weighted by Crippen LogP contribution is -2.47. The number of benzene rings is 1. The molecule has 1 saturated carbocycles. The Balaban J connectivity index is 1.79. The number of ether oxygens (including phenoxy) is 1. The van der Waals surface area contributed by atoms with Gasteiger partial charge >= 0.3 is 0 Å². The number of nitrogens with one attached hydrogen (secondary N) is 1. The highest BCUT2D eigenvalue weighted by atomic mass is 79.9. The van der Waals surface area contributed by atoms with Gasteiger partial charge in [0.15, 0.2) is 0 Å². The van der Waals surface area contributed by atoms with E-state index in [1.807, 2.05) is 0 Å². The molecule has 1 aromatic rings. The molecule has 0 amide bonds. The molecule has 1 saturated heterocycles. The summed E-state index contributed by atoms with van der Waals surface area (Å²) < 4.78 is 7.28. The van der Waals surface area contributed by atoms with Crippen LogP contribution >= 0.6 is 15.9 Å². The van der Waals surface area contributed by atoms with Crippen LogP contribution in [0.2, 0.25) is 0 Å². The van der Waals surface area contributed by atoms with E-state index in [0.29, 0.717) is 12.0 Å². The lowest BCUT2D eigenvalue weighted by atomic mass is 9.69.